The third-order valence-corrected chi connectivity index (χ3v) is 6.46. The normalized spacial score (nSPS) is 21.2. The highest BCUT2D eigenvalue weighted by molar-refractivity contribution is 5.95. The maximum atomic E-state index is 13.2. The Kier molecular flexibility index (Phi) is 7.55. The number of ether oxygens (including phenoxy) is 1. The van der Waals surface area contributed by atoms with Crippen molar-refractivity contribution in [1.82, 2.24) is 20.0 Å². The van der Waals surface area contributed by atoms with E-state index in [0.29, 0.717) is 49.8 Å². The zero-order valence-corrected chi connectivity index (χ0v) is 20.4. The van der Waals surface area contributed by atoms with Gasteiger partial charge in [-0.05, 0) is 38.5 Å². The van der Waals surface area contributed by atoms with Crippen LogP contribution in [-0.2, 0) is 9.53 Å². The number of benzene rings is 1. The molecule has 9 heteroatoms. The number of likely N-dealkylation sites (N-methyl/N-ethyl adjacent to an activating group) is 1. The van der Waals surface area contributed by atoms with Gasteiger partial charge in [0.15, 0.2) is 5.76 Å². The summed E-state index contributed by atoms with van der Waals surface area (Å²) >= 11 is 0. The minimum absolute atomic E-state index is 0.0644. The van der Waals surface area contributed by atoms with Gasteiger partial charge in [0.05, 0.1) is 24.5 Å². The number of piperazine rings is 1. The summed E-state index contributed by atoms with van der Waals surface area (Å²) in [7, 11) is 0. The van der Waals surface area contributed by atoms with Crippen molar-refractivity contribution in [3.63, 3.8) is 0 Å². The zero-order chi connectivity index (χ0) is 24.9. The van der Waals surface area contributed by atoms with Crippen LogP contribution in [0.25, 0.3) is 0 Å². The first kappa shape index (κ1) is 24.5. The van der Waals surface area contributed by atoms with Crippen LogP contribution in [0.1, 0.15) is 42.9 Å². The van der Waals surface area contributed by atoms with Gasteiger partial charge >= 0.3 is 12.0 Å². The summed E-state index contributed by atoms with van der Waals surface area (Å²) in [5, 5.41) is 2.98. The molecule has 0 saturated carbocycles. The Labute approximate surface area is 205 Å². The summed E-state index contributed by atoms with van der Waals surface area (Å²) in [6.07, 6.45) is 1.49. The molecule has 186 valence electrons. The lowest BCUT2D eigenvalue weighted by atomic mass is 9.94. The highest BCUT2D eigenvalue weighted by Crippen LogP contribution is 2.32. The van der Waals surface area contributed by atoms with Crippen LogP contribution in [0.4, 0.5) is 4.79 Å². The molecule has 3 heterocycles. The number of amides is 3. The molecule has 1 aromatic heterocycles. The number of hydrogen-bond acceptors (Lipinski definition) is 6. The van der Waals surface area contributed by atoms with Crippen LogP contribution in [0, 0.1) is 0 Å². The first-order valence-corrected chi connectivity index (χ1v) is 12.0. The third kappa shape index (κ3) is 5.09. The van der Waals surface area contributed by atoms with E-state index in [1.807, 2.05) is 44.2 Å². The molecule has 0 spiro atoms. The van der Waals surface area contributed by atoms with Crippen LogP contribution in [0.5, 0.6) is 0 Å². The van der Waals surface area contributed by atoms with Crippen LogP contribution in [0.2, 0.25) is 0 Å². The van der Waals surface area contributed by atoms with E-state index < -0.39 is 12.0 Å². The van der Waals surface area contributed by atoms with Crippen LogP contribution in [0.3, 0.4) is 0 Å². The fraction of sp³-hybridized carbons (Fsp3) is 0.423. The second-order valence-electron chi connectivity index (χ2n) is 8.68. The molecule has 35 heavy (non-hydrogen) atoms. The van der Waals surface area contributed by atoms with E-state index in [-0.39, 0.29) is 24.6 Å². The molecule has 0 radical (unpaired) electrons. The van der Waals surface area contributed by atoms with Gasteiger partial charge in [-0.1, -0.05) is 30.3 Å². The number of hydrogen-bond donors (Lipinski definition) is 1. The number of carbonyl (C=O) groups excluding carboxylic acids is 3. The van der Waals surface area contributed by atoms with Gasteiger partial charge in [-0.15, -0.1) is 0 Å². The SMILES string of the molecule is CCOC(=O)C1=C(CN2CCN(C(=O)c3ccco3)[C@H](C)C2)N(CC)C(=O)N[C@@H]1c1ccccc1. The highest BCUT2D eigenvalue weighted by Gasteiger charge is 2.39. The van der Waals surface area contributed by atoms with E-state index in [2.05, 4.69) is 10.2 Å². The van der Waals surface area contributed by atoms with Crippen molar-refractivity contribution in [2.24, 2.45) is 0 Å². The summed E-state index contributed by atoms with van der Waals surface area (Å²) in [5.41, 5.74) is 1.90. The number of carbonyl (C=O) groups is 3. The molecule has 9 nitrogen and oxygen atoms in total. The average molecular weight is 481 g/mol. The largest absolute Gasteiger partial charge is 0.463 e. The predicted octanol–water partition coefficient (Wildman–Crippen LogP) is 3.03. The molecule has 1 N–H and O–H groups in total. The van der Waals surface area contributed by atoms with Gasteiger partial charge in [0.2, 0.25) is 0 Å². The molecular formula is C26H32N4O5. The molecular weight excluding hydrogens is 448 g/mol. The summed E-state index contributed by atoms with van der Waals surface area (Å²) < 4.78 is 10.7. The molecule has 2 aromatic rings. The summed E-state index contributed by atoms with van der Waals surface area (Å²) in [5.74, 6) is -0.246. The van der Waals surface area contributed by atoms with E-state index >= 15 is 0 Å². The van der Waals surface area contributed by atoms with Crippen molar-refractivity contribution in [3.05, 3.63) is 71.3 Å². The van der Waals surface area contributed by atoms with Crippen LogP contribution < -0.4 is 5.32 Å². The molecule has 4 rings (SSSR count). The quantitative estimate of drug-likeness (QED) is 0.612. The summed E-state index contributed by atoms with van der Waals surface area (Å²) in [6.45, 7) is 8.41. The maximum absolute atomic E-state index is 13.2. The van der Waals surface area contributed by atoms with Crippen LogP contribution >= 0.6 is 0 Å². The molecule has 2 aliphatic heterocycles. The lowest BCUT2D eigenvalue weighted by Crippen LogP contribution is -2.56. The van der Waals surface area contributed by atoms with E-state index in [1.54, 1.807) is 28.9 Å². The smallest absolute Gasteiger partial charge is 0.338 e. The molecule has 0 aliphatic carbocycles. The molecule has 2 atom stereocenters. The second-order valence-corrected chi connectivity index (χ2v) is 8.68. The number of esters is 1. The van der Waals surface area contributed by atoms with Crippen LogP contribution in [0.15, 0.2) is 64.4 Å². The number of nitrogens with zero attached hydrogens (tertiary/aromatic N) is 3. The molecule has 1 fully saturated rings. The van der Waals surface area contributed by atoms with Crippen LogP contribution in [-0.4, -0.2) is 78.0 Å². The Balaban J connectivity index is 1.63. The monoisotopic (exact) mass is 480 g/mol. The minimum Gasteiger partial charge on any atom is -0.463 e. The number of rotatable bonds is 7. The van der Waals surface area contributed by atoms with Gasteiger partial charge in [-0.2, -0.15) is 0 Å². The standard InChI is InChI=1S/C26H32N4O5/c1-4-29-20(17-28-13-14-30(18(3)16-28)24(31)21-12-9-15-35-21)22(25(32)34-5-2)23(27-26(29)33)19-10-7-6-8-11-19/h6-12,15,18,23H,4-5,13-14,16-17H2,1-3H3,(H,27,33)/t18-,23-/m1/s1. The highest BCUT2D eigenvalue weighted by atomic mass is 16.5. The van der Waals surface area contributed by atoms with Crippen molar-refractivity contribution < 1.29 is 23.5 Å². The van der Waals surface area contributed by atoms with E-state index in [4.69, 9.17) is 9.15 Å². The van der Waals surface area contributed by atoms with Crippen molar-refractivity contribution in [1.29, 1.82) is 0 Å². The molecule has 0 unspecified atom stereocenters. The lowest BCUT2D eigenvalue weighted by molar-refractivity contribution is -0.139. The van der Waals surface area contributed by atoms with Gasteiger partial charge in [-0.3, -0.25) is 14.6 Å². The van der Waals surface area contributed by atoms with E-state index in [1.165, 1.54) is 6.26 Å². The van der Waals surface area contributed by atoms with Crippen molar-refractivity contribution in [2.45, 2.75) is 32.9 Å². The minimum atomic E-state index is -0.597. The van der Waals surface area contributed by atoms with Crippen molar-refractivity contribution in [3.8, 4) is 0 Å². The first-order valence-electron chi connectivity index (χ1n) is 12.0. The van der Waals surface area contributed by atoms with Crippen molar-refractivity contribution in [2.75, 3.05) is 39.3 Å². The molecule has 1 aromatic carbocycles. The second kappa shape index (κ2) is 10.8. The Bertz CT molecular complexity index is 1080. The average Bonchev–Trinajstić information content (AvgIpc) is 3.39. The van der Waals surface area contributed by atoms with Gasteiger partial charge in [0.1, 0.15) is 0 Å². The Morgan fingerprint density at radius 3 is 2.51 bits per heavy atom. The van der Waals surface area contributed by atoms with Crippen molar-refractivity contribution >= 4 is 17.9 Å². The maximum Gasteiger partial charge on any atom is 0.338 e. The molecule has 3 amide bonds. The molecule has 0 bridgehead atoms. The fourth-order valence-corrected chi connectivity index (χ4v) is 4.79. The van der Waals surface area contributed by atoms with E-state index in [9.17, 15) is 14.4 Å². The molecule has 2 aliphatic rings. The van der Waals surface area contributed by atoms with Gasteiger partial charge in [0.25, 0.3) is 5.91 Å². The summed E-state index contributed by atoms with van der Waals surface area (Å²) in [6, 6.07) is 11.9. The number of urea groups is 1. The third-order valence-electron chi connectivity index (χ3n) is 6.46. The predicted molar refractivity (Wildman–Crippen MR) is 129 cm³/mol. The molecule has 1 saturated heterocycles. The van der Waals surface area contributed by atoms with Gasteiger partial charge in [0, 0.05) is 44.5 Å². The Morgan fingerprint density at radius 1 is 1.11 bits per heavy atom. The zero-order valence-electron chi connectivity index (χ0n) is 20.4. The summed E-state index contributed by atoms with van der Waals surface area (Å²) in [4.78, 5) is 44.7. The Morgan fingerprint density at radius 2 is 1.89 bits per heavy atom. The first-order chi connectivity index (χ1) is 16.9. The van der Waals surface area contributed by atoms with E-state index in [0.717, 1.165) is 5.56 Å². The fourth-order valence-electron chi connectivity index (χ4n) is 4.79. The number of furan rings is 1. The lowest BCUT2D eigenvalue weighted by Gasteiger charge is -2.42. The number of nitrogens with one attached hydrogen (secondary N) is 1. The van der Waals surface area contributed by atoms with Gasteiger partial charge < -0.3 is 19.4 Å². The topological polar surface area (TPSA) is 95.3 Å². The van der Waals surface area contributed by atoms with Gasteiger partial charge in [-0.25, -0.2) is 9.59 Å². The Hall–Kier alpha value is -3.59.